The van der Waals surface area contributed by atoms with Crippen LogP contribution >= 0.6 is 0 Å². The number of rotatable bonds is 9. The Morgan fingerprint density at radius 2 is 1.76 bits per heavy atom. The molecule has 1 saturated carbocycles. The lowest BCUT2D eigenvalue weighted by atomic mass is 10.3. The van der Waals surface area contributed by atoms with Crippen LogP contribution in [0, 0.1) is 0 Å². The van der Waals surface area contributed by atoms with Crippen LogP contribution < -0.4 is 15.4 Å². The molecule has 0 atom stereocenters. The van der Waals surface area contributed by atoms with E-state index in [4.69, 9.17) is 0 Å². The average Bonchev–Trinajstić information content (AvgIpc) is 3.24. The van der Waals surface area contributed by atoms with Crippen LogP contribution in [0.4, 0.5) is 11.6 Å². The number of hydrogen-bond acceptors (Lipinski definition) is 6. The summed E-state index contributed by atoms with van der Waals surface area (Å²) in [5.41, 5.74) is 0. The van der Waals surface area contributed by atoms with Crippen molar-refractivity contribution in [3.63, 3.8) is 0 Å². The van der Waals surface area contributed by atoms with E-state index >= 15 is 0 Å². The first-order chi connectivity index (χ1) is 9.98. The number of aromatic nitrogens is 2. The van der Waals surface area contributed by atoms with Gasteiger partial charge in [-0.3, -0.25) is 0 Å². The normalized spacial score (nSPS) is 15.0. The van der Waals surface area contributed by atoms with E-state index in [1.54, 1.807) is 0 Å². The molecule has 0 amide bonds. The fraction of sp³-hybridized carbons (Fsp3) is 0.692. The molecule has 1 aromatic rings. The summed E-state index contributed by atoms with van der Waals surface area (Å²) in [4.78, 5) is 9.02. The molecule has 1 aromatic heterocycles. The molecule has 1 heterocycles. The molecular weight excluding hydrogens is 290 g/mol. The highest BCUT2D eigenvalue weighted by Crippen LogP contribution is 2.38. The van der Waals surface area contributed by atoms with Crippen molar-refractivity contribution in [3.05, 3.63) is 11.9 Å². The predicted octanol–water partition coefficient (Wildman–Crippen LogP) is 1.14. The summed E-state index contributed by atoms with van der Waals surface area (Å²) in [6.07, 6.45) is 4.47. The van der Waals surface area contributed by atoms with E-state index in [0.717, 1.165) is 49.5 Å². The van der Waals surface area contributed by atoms with Crippen molar-refractivity contribution in [2.75, 3.05) is 36.5 Å². The maximum atomic E-state index is 11.0. The fourth-order valence-electron chi connectivity index (χ4n) is 1.85. The number of nitrogens with one attached hydrogen (secondary N) is 3. The Bertz CT molecular complexity index is 572. The highest BCUT2D eigenvalue weighted by molar-refractivity contribution is 7.88. The maximum Gasteiger partial charge on any atom is 0.208 e. The largest absolute Gasteiger partial charge is 0.370 e. The van der Waals surface area contributed by atoms with Crippen molar-refractivity contribution in [1.29, 1.82) is 0 Å². The first kappa shape index (κ1) is 16.0. The van der Waals surface area contributed by atoms with Crippen molar-refractivity contribution in [1.82, 2.24) is 14.7 Å². The molecule has 21 heavy (non-hydrogen) atoms. The van der Waals surface area contributed by atoms with E-state index in [1.165, 1.54) is 0 Å². The van der Waals surface area contributed by atoms with E-state index < -0.39 is 10.0 Å². The molecule has 118 valence electrons. The Balaban J connectivity index is 1.95. The first-order valence-corrected chi connectivity index (χ1v) is 9.18. The van der Waals surface area contributed by atoms with Crippen molar-refractivity contribution >= 4 is 21.7 Å². The first-order valence-electron chi connectivity index (χ1n) is 7.29. The number of hydrogen-bond donors (Lipinski definition) is 3. The molecule has 1 aliphatic rings. The standard InChI is InChI=1S/C13H23N5O2S/c1-3-6-14-11-9-12(15-7-8-16-21(2,19)20)18-13(17-11)10-4-5-10/h9-10,16H,3-8H2,1-2H3,(H2,14,15,17,18). The minimum Gasteiger partial charge on any atom is -0.370 e. The molecule has 0 bridgehead atoms. The summed E-state index contributed by atoms with van der Waals surface area (Å²) in [7, 11) is -3.15. The summed E-state index contributed by atoms with van der Waals surface area (Å²) in [5, 5.41) is 6.41. The van der Waals surface area contributed by atoms with Crippen molar-refractivity contribution in [2.45, 2.75) is 32.1 Å². The lowest BCUT2D eigenvalue weighted by molar-refractivity contribution is 0.589. The highest BCUT2D eigenvalue weighted by atomic mass is 32.2. The second kappa shape index (κ2) is 7.04. The van der Waals surface area contributed by atoms with Gasteiger partial charge >= 0.3 is 0 Å². The van der Waals surface area contributed by atoms with E-state index in [9.17, 15) is 8.42 Å². The number of anilines is 2. The minimum atomic E-state index is -3.15. The zero-order chi connectivity index (χ0) is 15.3. The van der Waals surface area contributed by atoms with Crippen LogP contribution in [0.3, 0.4) is 0 Å². The summed E-state index contributed by atoms with van der Waals surface area (Å²) in [5.74, 6) is 2.91. The van der Waals surface area contributed by atoms with Gasteiger partial charge in [0, 0.05) is 31.6 Å². The Hall–Kier alpha value is -1.41. The molecule has 0 aromatic carbocycles. The predicted molar refractivity (Wildman–Crippen MR) is 84.1 cm³/mol. The molecule has 2 rings (SSSR count). The van der Waals surface area contributed by atoms with E-state index in [2.05, 4.69) is 32.2 Å². The summed E-state index contributed by atoms with van der Waals surface area (Å²) >= 11 is 0. The smallest absolute Gasteiger partial charge is 0.208 e. The van der Waals surface area contributed by atoms with Crippen LogP contribution in [0.2, 0.25) is 0 Å². The van der Waals surface area contributed by atoms with E-state index in [0.29, 0.717) is 19.0 Å². The third kappa shape index (κ3) is 5.84. The number of nitrogens with zero attached hydrogens (tertiary/aromatic N) is 2. The zero-order valence-electron chi connectivity index (χ0n) is 12.5. The SMILES string of the molecule is CCCNc1cc(NCCNS(C)(=O)=O)nc(C2CC2)n1. The van der Waals surface area contributed by atoms with Crippen LogP contribution in [0.25, 0.3) is 0 Å². The third-order valence-corrected chi connectivity index (χ3v) is 3.77. The van der Waals surface area contributed by atoms with Gasteiger partial charge in [-0.2, -0.15) is 0 Å². The van der Waals surface area contributed by atoms with Gasteiger partial charge in [-0.1, -0.05) is 6.92 Å². The molecule has 1 fully saturated rings. The Kier molecular flexibility index (Phi) is 5.35. The molecular formula is C13H23N5O2S. The maximum absolute atomic E-state index is 11.0. The molecule has 0 spiro atoms. The van der Waals surface area contributed by atoms with Crippen molar-refractivity contribution < 1.29 is 8.42 Å². The third-order valence-electron chi connectivity index (χ3n) is 3.04. The summed E-state index contributed by atoms with van der Waals surface area (Å²) < 4.78 is 24.4. The Labute approximate surface area is 126 Å². The Morgan fingerprint density at radius 1 is 1.14 bits per heavy atom. The van der Waals surface area contributed by atoms with Gasteiger partial charge < -0.3 is 10.6 Å². The molecule has 7 nitrogen and oxygen atoms in total. The second-order valence-electron chi connectivity index (χ2n) is 5.29. The van der Waals surface area contributed by atoms with Gasteiger partial charge in [0.05, 0.1) is 6.26 Å². The monoisotopic (exact) mass is 313 g/mol. The molecule has 0 radical (unpaired) electrons. The summed E-state index contributed by atoms with van der Waals surface area (Å²) in [6.45, 7) is 3.79. The fourth-order valence-corrected chi connectivity index (χ4v) is 2.32. The number of sulfonamides is 1. The van der Waals surface area contributed by atoms with E-state index in [1.807, 2.05) is 6.07 Å². The molecule has 8 heteroatoms. The van der Waals surface area contributed by atoms with Crippen LogP contribution in [0.15, 0.2) is 6.07 Å². The van der Waals surface area contributed by atoms with Gasteiger partial charge in [-0.15, -0.1) is 0 Å². The lowest BCUT2D eigenvalue weighted by Crippen LogP contribution is -2.27. The van der Waals surface area contributed by atoms with Crippen LogP contribution in [-0.4, -0.2) is 44.3 Å². The van der Waals surface area contributed by atoms with Crippen molar-refractivity contribution in [3.8, 4) is 0 Å². The van der Waals surface area contributed by atoms with Crippen LogP contribution in [0.5, 0.6) is 0 Å². The summed E-state index contributed by atoms with van der Waals surface area (Å²) in [6, 6.07) is 1.86. The molecule has 0 aliphatic heterocycles. The minimum absolute atomic E-state index is 0.333. The molecule has 3 N–H and O–H groups in total. The van der Waals surface area contributed by atoms with Crippen LogP contribution in [0.1, 0.15) is 37.9 Å². The highest BCUT2D eigenvalue weighted by Gasteiger charge is 2.27. The van der Waals surface area contributed by atoms with Crippen LogP contribution in [-0.2, 0) is 10.0 Å². The van der Waals surface area contributed by atoms with Gasteiger partial charge in [0.1, 0.15) is 17.5 Å². The van der Waals surface area contributed by atoms with E-state index in [-0.39, 0.29) is 0 Å². The molecule has 1 aliphatic carbocycles. The second-order valence-corrected chi connectivity index (χ2v) is 7.12. The molecule has 0 saturated heterocycles. The van der Waals surface area contributed by atoms with Gasteiger partial charge in [-0.05, 0) is 19.3 Å². The topological polar surface area (TPSA) is 96.0 Å². The van der Waals surface area contributed by atoms with Gasteiger partial charge in [0.2, 0.25) is 10.0 Å². The zero-order valence-corrected chi connectivity index (χ0v) is 13.3. The molecule has 0 unspecified atom stereocenters. The quantitative estimate of drug-likeness (QED) is 0.592. The lowest BCUT2D eigenvalue weighted by Gasteiger charge is -2.11. The van der Waals surface area contributed by atoms with Gasteiger partial charge in [-0.25, -0.2) is 23.1 Å². The van der Waals surface area contributed by atoms with Gasteiger partial charge in [0.15, 0.2) is 0 Å². The average molecular weight is 313 g/mol. The van der Waals surface area contributed by atoms with Gasteiger partial charge in [0.25, 0.3) is 0 Å². The Morgan fingerprint density at radius 3 is 2.29 bits per heavy atom. The van der Waals surface area contributed by atoms with Crippen molar-refractivity contribution in [2.24, 2.45) is 0 Å².